The molecule has 2 N–H and O–H groups in total. The molecular formula is C12H15NO3. The molecule has 0 saturated carbocycles. The van der Waals surface area contributed by atoms with E-state index in [1.807, 2.05) is 24.3 Å². The van der Waals surface area contributed by atoms with Crippen molar-refractivity contribution in [3.63, 3.8) is 0 Å². The average Bonchev–Trinajstić information content (AvgIpc) is 2.30. The minimum Gasteiger partial charge on any atom is -0.453 e. The lowest BCUT2D eigenvalue weighted by Crippen LogP contribution is -2.26. The Kier molecular flexibility index (Phi) is 3.54. The number of cyclic esters (lactones) is 1. The molecule has 0 aromatic heterocycles. The molecule has 1 aliphatic heterocycles. The standard InChI is InChI=1S/C12H15NO3/c13-5-4-9-2-1-3-10(6-9)11-7-15-8-12(14)16-11/h1-3,6,11H,4-5,7-8,13H2. The Hall–Kier alpha value is -1.39. The summed E-state index contributed by atoms with van der Waals surface area (Å²) >= 11 is 0. The molecule has 1 saturated heterocycles. The lowest BCUT2D eigenvalue weighted by atomic mass is 10.0. The fourth-order valence-electron chi connectivity index (χ4n) is 1.76. The quantitative estimate of drug-likeness (QED) is 0.767. The van der Waals surface area contributed by atoms with Crippen LogP contribution in [-0.4, -0.2) is 25.7 Å². The Labute approximate surface area is 94.3 Å². The minimum atomic E-state index is -0.305. The van der Waals surface area contributed by atoms with Crippen LogP contribution in [0.5, 0.6) is 0 Å². The first-order valence-electron chi connectivity index (χ1n) is 5.35. The van der Waals surface area contributed by atoms with Gasteiger partial charge in [-0.2, -0.15) is 0 Å². The number of hydrogen-bond donors (Lipinski definition) is 1. The van der Waals surface area contributed by atoms with Gasteiger partial charge in [0.05, 0.1) is 6.61 Å². The van der Waals surface area contributed by atoms with Gasteiger partial charge in [-0.25, -0.2) is 4.79 Å². The van der Waals surface area contributed by atoms with Gasteiger partial charge in [0.25, 0.3) is 0 Å². The zero-order valence-electron chi connectivity index (χ0n) is 9.02. The Morgan fingerprint density at radius 3 is 3.06 bits per heavy atom. The third-order valence-electron chi connectivity index (χ3n) is 2.52. The van der Waals surface area contributed by atoms with Crippen molar-refractivity contribution in [2.75, 3.05) is 19.8 Å². The normalized spacial score (nSPS) is 20.6. The summed E-state index contributed by atoms with van der Waals surface area (Å²) < 4.78 is 10.4. The molecule has 1 aromatic carbocycles. The number of esters is 1. The summed E-state index contributed by atoms with van der Waals surface area (Å²) in [6, 6.07) is 7.91. The molecule has 0 bridgehead atoms. The number of ether oxygens (including phenoxy) is 2. The number of hydrogen-bond acceptors (Lipinski definition) is 4. The molecule has 1 aromatic rings. The molecule has 1 unspecified atom stereocenters. The molecule has 1 aliphatic rings. The number of rotatable bonds is 3. The van der Waals surface area contributed by atoms with Gasteiger partial charge in [0, 0.05) is 0 Å². The number of benzene rings is 1. The summed E-state index contributed by atoms with van der Waals surface area (Å²) in [5.74, 6) is -0.305. The first-order valence-corrected chi connectivity index (χ1v) is 5.35. The molecule has 1 fully saturated rings. The predicted molar refractivity (Wildman–Crippen MR) is 58.9 cm³/mol. The van der Waals surface area contributed by atoms with E-state index >= 15 is 0 Å². The van der Waals surface area contributed by atoms with Crippen LogP contribution in [0, 0.1) is 0 Å². The van der Waals surface area contributed by atoms with Crippen molar-refractivity contribution in [1.82, 2.24) is 0 Å². The van der Waals surface area contributed by atoms with Crippen LogP contribution in [0.4, 0.5) is 0 Å². The number of carbonyl (C=O) groups excluding carboxylic acids is 1. The highest BCUT2D eigenvalue weighted by Crippen LogP contribution is 2.22. The van der Waals surface area contributed by atoms with Gasteiger partial charge in [-0.3, -0.25) is 0 Å². The maximum Gasteiger partial charge on any atom is 0.332 e. The van der Waals surface area contributed by atoms with Gasteiger partial charge >= 0.3 is 5.97 Å². The Bertz CT molecular complexity index is 378. The highest BCUT2D eigenvalue weighted by Gasteiger charge is 2.22. The lowest BCUT2D eigenvalue weighted by Gasteiger charge is -2.23. The summed E-state index contributed by atoms with van der Waals surface area (Å²) in [7, 11) is 0. The second-order valence-corrected chi connectivity index (χ2v) is 3.78. The van der Waals surface area contributed by atoms with Crippen molar-refractivity contribution in [3.8, 4) is 0 Å². The van der Waals surface area contributed by atoms with Crippen LogP contribution < -0.4 is 5.73 Å². The Balaban J connectivity index is 2.12. The van der Waals surface area contributed by atoms with Crippen LogP contribution in [0.15, 0.2) is 24.3 Å². The number of carbonyl (C=O) groups is 1. The van der Waals surface area contributed by atoms with E-state index in [0.29, 0.717) is 13.2 Å². The molecule has 0 radical (unpaired) electrons. The van der Waals surface area contributed by atoms with E-state index in [1.165, 1.54) is 0 Å². The van der Waals surface area contributed by atoms with E-state index in [4.69, 9.17) is 15.2 Å². The molecule has 0 amide bonds. The van der Waals surface area contributed by atoms with Crippen LogP contribution in [0.2, 0.25) is 0 Å². The summed E-state index contributed by atoms with van der Waals surface area (Å²) in [6.45, 7) is 1.10. The number of nitrogens with two attached hydrogens (primary N) is 1. The molecule has 0 spiro atoms. The van der Waals surface area contributed by atoms with Gasteiger partial charge in [-0.15, -0.1) is 0 Å². The smallest absolute Gasteiger partial charge is 0.332 e. The van der Waals surface area contributed by atoms with Gasteiger partial charge in [0.1, 0.15) is 6.61 Å². The topological polar surface area (TPSA) is 61.5 Å². The first kappa shape index (κ1) is 11.1. The monoisotopic (exact) mass is 221 g/mol. The summed E-state index contributed by atoms with van der Waals surface area (Å²) in [4.78, 5) is 11.1. The highest BCUT2D eigenvalue weighted by molar-refractivity contribution is 5.71. The molecular weight excluding hydrogens is 206 g/mol. The van der Waals surface area contributed by atoms with E-state index in [2.05, 4.69) is 0 Å². The summed E-state index contributed by atoms with van der Waals surface area (Å²) in [5, 5.41) is 0. The molecule has 16 heavy (non-hydrogen) atoms. The van der Waals surface area contributed by atoms with Gasteiger partial charge in [0.15, 0.2) is 6.10 Å². The maximum absolute atomic E-state index is 11.1. The molecule has 0 aliphatic carbocycles. The second kappa shape index (κ2) is 5.09. The SMILES string of the molecule is NCCc1cccc(C2COCC(=O)O2)c1. The molecule has 4 heteroatoms. The third-order valence-corrected chi connectivity index (χ3v) is 2.52. The lowest BCUT2D eigenvalue weighted by molar-refractivity contribution is -0.170. The molecule has 1 atom stereocenters. The van der Waals surface area contributed by atoms with Crippen LogP contribution in [0.3, 0.4) is 0 Å². The molecule has 86 valence electrons. The Morgan fingerprint density at radius 2 is 2.31 bits per heavy atom. The van der Waals surface area contributed by atoms with Crippen molar-refractivity contribution < 1.29 is 14.3 Å². The zero-order chi connectivity index (χ0) is 11.4. The van der Waals surface area contributed by atoms with Crippen LogP contribution >= 0.6 is 0 Å². The van der Waals surface area contributed by atoms with Gasteiger partial charge in [0.2, 0.25) is 0 Å². The van der Waals surface area contributed by atoms with Crippen molar-refractivity contribution >= 4 is 5.97 Å². The second-order valence-electron chi connectivity index (χ2n) is 3.78. The zero-order valence-corrected chi connectivity index (χ0v) is 9.02. The third kappa shape index (κ3) is 2.59. The van der Waals surface area contributed by atoms with Crippen LogP contribution in [0.1, 0.15) is 17.2 Å². The summed E-state index contributed by atoms with van der Waals surface area (Å²) in [5.41, 5.74) is 7.63. The van der Waals surface area contributed by atoms with E-state index < -0.39 is 0 Å². The fraction of sp³-hybridized carbons (Fsp3) is 0.417. The van der Waals surface area contributed by atoms with E-state index in [-0.39, 0.29) is 18.7 Å². The van der Waals surface area contributed by atoms with Crippen molar-refractivity contribution in [2.45, 2.75) is 12.5 Å². The van der Waals surface area contributed by atoms with Crippen molar-refractivity contribution in [1.29, 1.82) is 0 Å². The molecule has 1 heterocycles. The molecule has 4 nitrogen and oxygen atoms in total. The van der Waals surface area contributed by atoms with Gasteiger partial charge in [-0.05, 0) is 24.1 Å². The average molecular weight is 221 g/mol. The van der Waals surface area contributed by atoms with Crippen molar-refractivity contribution in [3.05, 3.63) is 35.4 Å². The van der Waals surface area contributed by atoms with E-state index in [9.17, 15) is 4.79 Å². The largest absolute Gasteiger partial charge is 0.453 e. The van der Waals surface area contributed by atoms with Crippen LogP contribution in [-0.2, 0) is 20.7 Å². The Morgan fingerprint density at radius 1 is 1.44 bits per heavy atom. The highest BCUT2D eigenvalue weighted by atomic mass is 16.6. The predicted octanol–water partition coefficient (Wildman–Crippen LogP) is 0.802. The van der Waals surface area contributed by atoms with Crippen molar-refractivity contribution in [2.24, 2.45) is 5.73 Å². The fourth-order valence-corrected chi connectivity index (χ4v) is 1.76. The summed E-state index contributed by atoms with van der Waals surface area (Å²) in [6.07, 6.45) is 0.550. The minimum absolute atomic E-state index is 0.0546. The van der Waals surface area contributed by atoms with Gasteiger partial charge in [-0.1, -0.05) is 24.3 Å². The van der Waals surface area contributed by atoms with E-state index in [0.717, 1.165) is 17.5 Å². The molecule has 2 rings (SSSR count). The van der Waals surface area contributed by atoms with E-state index in [1.54, 1.807) is 0 Å². The maximum atomic E-state index is 11.1. The van der Waals surface area contributed by atoms with Gasteiger partial charge < -0.3 is 15.2 Å². The first-order chi connectivity index (χ1) is 7.79. The van der Waals surface area contributed by atoms with Crippen LogP contribution in [0.25, 0.3) is 0 Å².